The number of ether oxygens (including phenoxy) is 1. The smallest absolute Gasteiger partial charge is 0.263 e. The Morgan fingerprint density at radius 2 is 1.92 bits per heavy atom. The van der Waals surface area contributed by atoms with Gasteiger partial charge in [-0.25, -0.2) is 0 Å². The van der Waals surface area contributed by atoms with Gasteiger partial charge in [-0.1, -0.05) is 42.5 Å². The highest BCUT2D eigenvalue weighted by atomic mass is 16.5. The second-order valence-electron chi connectivity index (χ2n) is 5.96. The van der Waals surface area contributed by atoms with Gasteiger partial charge in [0.1, 0.15) is 5.75 Å². The highest BCUT2D eigenvalue weighted by molar-refractivity contribution is 5.80. The third-order valence-corrected chi connectivity index (χ3v) is 3.81. The van der Waals surface area contributed by atoms with Gasteiger partial charge in [0.15, 0.2) is 6.10 Å². The van der Waals surface area contributed by atoms with Crippen LogP contribution in [0.3, 0.4) is 0 Å². The van der Waals surface area contributed by atoms with Crippen LogP contribution in [0.15, 0.2) is 54.6 Å². The average molecular weight is 326 g/mol. The zero-order valence-corrected chi connectivity index (χ0v) is 14.4. The first-order valence-electron chi connectivity index (χ1n) is 8.36. The number of rotatable bonds is 8. The Balaban J connectivity index is 2.05. The average Bonchev–Trinajstić information content (AvgIpc) is 2.59. The highest BCUT2D eigenvalue weighted by Gasteiger charge is 2.22. The van der Waals surface area contributed by atoms with Crippen LogP contribution in [0.1, 0.15) is 24.5 Å². The molecule has 1 unspecified atom stereocenters. The van der Waals surface area contributed by atoms with E-state index in [2.05, 4.69) is 0 Å². The zero-order chi connectivity index (χ0) is 17.4. The van der Waals surface area contributed by atoms with Crippen LogP contribution in [0.4, 0.5) is 0 Å². The van der Waals surface area contributed by atoms with Crippen LogP contribution in [0.25, 0.3) is 0 Å². The van der Waals surface area contributed by atoms with Crippen LogP contribution in [0.5, 0.6) is 5.75 Å². The Kier molecular flexibility index (Phi) is 6.82. The Labute approximate surface area is 144 Å². The maximum Gasteiger partial charge on any atom is 0.263 e. The Hall–Kier alpha value is -2.33. The molecular formula is C20H26N2O2. The predicted molar refractivity (Wildman–Crippen MR) is 96.8 cm³/mol. The van der Waals surface area contributed by atoms with Crippen LogP contribution in [-0.2, 0) is 11.3 Å². The fourth-order valence-electron chi connectivity index (χ4n) is 2.55. The largest absolute Gasteiger partial charge is 0.481 e. The molecule has 24 heavy (non-hydrogen) atoms. The summed E-state index contributed by atoms with van der Waals surface area (Å²) >= 11 is 0. The maximum atomic E-state index is 12.8. The van der Waals surface area contributed by atoms with Crippen molar-refractivity contribution in [3.63, 3.8) is 0 Å². The molecule has 0 aliphatic carbocycles. The molecule has 0 fully saturated rings. The van der Waals surface area contributed by atoms with Crippen LogP contribution >= 0.6 is 0 Å². The van der Waals surface area contributed by atoms with Crippen LogP contribution < -0.4 is 10.5 Å². The molecule has 128 valence electrons. The van der Waals surface area contributed by atoms with E-state index in [0.29, 0.717) is 25.4 Å². The lowest BCUT2D eigenvalue weighted by atomic mass is 10.2. The van der Waals surface area contributed by atoms with Crippen molar-refractivity contribution in [3.8, 4) is 5.75 Å². The minimum absolute atomic E-state index is 0.0196. The first kappa shape index (κ1) is 18.0. The molecule has 0 saturated heterocycles. The van der Waals surface area contributed by atoms with E-state index in [1.165, 1.54) is 0 Å². The van der Waals surface area contributed by atoms with E-state index >= 15 is 0 Å². The molecule has 2 rings (SSSR count). The van der Waals surface area contributed by atoms with Crippen molar-refractivity contribution in [1.82, 2.24) is 4.90 Å². The van der Waals surface area contributed by atoms with Crippen molar-refractivity contribution in [3.05, 3.63) is 65.7 Å². The van der Waals surface area contributed by atoms with E-state index in [1.807, 2.05) is 66.4 Å². The lowest BCUT2D eigenvalue weighted by Gasteiger charge is -2.26. The number of hydrogen-bond acceptors (Lipinski definition) is 3. The second kappa shape index (κ2) is 9.08. The molecule has 0 heterocycles. The number of hydrogen-bond donors (Lipinski definition) is 1. The first-order chi connectivity index (χ1) is 11.6. The summed E-state index contributed by atoms with van der Waals surface area (Å²) in [7, 11) is 0. The van der Waals surface area contributed by atoms with Crippen molar-refractivity contribution in [1.29, 1.82) is 0 Å². The molecule has 2 N–H and O–H groups in total. The van der Waals surface area contributed by atoms with Crippen molar-refractivity contribution in [2.24, 2.45) is 5.73 Å². The molecule has 0 aliphatic heterocycles. The summed E-state index contributed by atoms with van der Waals surface area (Å²) in [4.78, 5) is 14.6. The molecule has 1 atom stereocenters. The van der Waals surface area contributed by atoms with Crippen molar-refractivity contribution >= 4 is 5.91 Å². The molecule has 2 aromatic carbocycles. The van der Waals surface area contributed by atoms with E-state index in [0.717, 1.165) is 17.5 Å². The SMILES string of the molecule is Cc1cccc(OC(C)C(=O)N(CCCN)Cc2ccccc2)c1. The van der Waals surface area contributed by atoms with Gasteiger partial charge in [-0.3, -0.25) is 4.79 Å². The lowest BCUT2D eigenvalue weighted by Crippen LogP contribution is -2.41. The van der Waals surface area contributed by atoms with Crippen molar-refractivity contribution < 1.29 is 9.53 Å². The monoisotopic (exact) mass is 326 g/mol. The molecule has 2 aromatic rings. The third kappa shape index (κ3) is 5.39. The maximum absolute atomic E-state index is 12.8. The van der Waals surface area contributed by atoms with Gasteiger partial charge >= 0.3 is 0 Å². The predicted octanol–water partition coefficient (Wildman–Crippen LogP) is 3.14. The molecule has 1 amide bonds. The van der Waals surface area contributed by atoms with Gasteiger partial charge in [0.25, 0.3) is 5.91 Å². The normalized spacial score (nSPS) is 11.8. The molecule has 4 heteroatoms. The number of nitrogens with two attached hydrogens (primary N) is 1. The van der Waals surface area contributed by atoms with E-state index in [4.69, 9.17) is 10.5 Å². The van der Waals surface area contributed by atoms with Gasteiger partial charge in [-0.2, -0.15) is 0 Å². The van der Waals surface area contributed by atoms with Gasteiger partial charge in [0, 0.05) is 13.1 Å². The fourth-order valence-corrected chi connectivity index (χ4v) is 2.55. The number of carbonyl (C=O) groups excluding carboxylic acids is 1. The summed E-state index contributed by atoms with van der Waals surface area (Å²) in [6.45, 7) is 5.56. The summed E-state index contributed by atoms with van der Waals surface area (Å²) in [5, 5.41) is 0. The molecule has 0 radical (unpaired) electrons. The van der Waals surface area contributed by atoms with E-state index < -0.39 is 6.10 Å². The number of amides is 1. The summed E-state index contributed by atoms with van der Waals surface area (Å²) in [5.41, 5.74) is 7.83. The summed E-state index contributed by atoms with van der Waals surface area (Å²) < 4.78 is 5.83. The molecule has 0 aromatic heterocycles. The van der Waals surface area contributed by atoms with Gasteiger partial charge in [-0.15, -0.1) is 0 Å². The van der Waals surface area contributed by atoms with E-state index in [9.17, 15) is 4.79 Å². The van der Waals surface area contributed by atoms with Crippen LogP contribution in [0.2, 0.25) is 0 Å². The highest BCUT2D eigenvalue weighted by Crippen LogP contribution is 2.16. The molecular weight excluding hydrogens is 300 g/mol. The first-order valence-corrected chi connectivity index (χ1v) is 8.36. The molecule has 0 saturated carbocycles. The van der Waals surface area contributed by atoms with E-state index in [1.54, 1.807) is 6.92 Å². The molecule has 0 bridgehead atoms. The summed E-state index contributed by atoms with van der Waals surface area (Å²) in [5.74, 6) is 0.697. The second-order valence-corrected chi connectivity index (χ2v) is 5.96. The van der Waals surface area contributed by atoms with Crippen molar-refractivity contribution in [2.45, 2.75) is 32.9 Å². The van der Waals surface area contributed by atoms with Crippen LogP contribution in [0, 0.1) is 6.92 Å². The Bertz CT molecular complexity index is 643. The Morgan fingerprint density at radius 3 is 2.58 bits per heavy atom. The van der Waals surface area contributed by atoms with Crippen LogP contribution in [-0.4, -0.2) is 30.0 Å². The summed E-state index contributed by atoms with van der Waals surface area (Å²) in [6.07, 6.45) is 0.240. The quantitative estimate of drug-likeness (QED) is 0.811. The number of nitrogens with zero attached hydrogens (tertiary/aromatic N) is 1. The molecule has 0 aliphatic rings. The topological polar surface area (TPSA) is 55.6 Å². The molecule has 4 nitrogen and oxygen atoms in total. The minimum atomic E-state index is -0.534. The lowest BCUT2D eigenvalue weighted by molar-refractivity contribution is -0.138. The van der Waals surface area contributed by atoms with Gasteiger partial charge in [-0.05, 0) is 50.1 Å². The number of benzene rings is 2. The fraction of sp³-hybridized carbons (Fsp3) is 0.350. The van der Waals surface area contributed by atoms with Crippen molar-refractivity contribution in [2.75, 3.05) is 13.1 Å². The summed E-state index contributed by atoms with van der Waals surface area (Å²) in [6, 6.07) is 17.7. The minimum Gasteiger partial charge on any atom is -0.481 e. The molecule has 0 spiro atoms. The zero-order valence-electron chi connectivity index (χ0n) is 14.4. The number of aryl methyl sites for hydroxylation is 1. The Morgan fingerprint density at radius 1 is 1.17 bits per heavy atom. The number of carbonyl (C=O) groups is 1. The standard InChI is InChI=1S/C20H26N2O2/c1-16-8-6-11-19(14-16)24-17(2)20(23)22(13-7-12-21)15-18-9-4-3-5-10-18/h3-6,8-11,14,17H,7,12-13,15,21H2,1-2H3. The van der Waals surface area contributed by atoms with Gasteiger partial charge in [0.2, 0.25) is 0 Å². The third-order valence-electron chi connectivity index (χ3n) is 3.81. The van der Waals surface area contributed by atoms with Gasteiger partial charge < -0.3 is 15.4 Å². The van der Waals surface area contributed by atoms with Gasteiger partial charge in [0.05, 0.1) is 0 Å². The van der Waals surface area contributed by atoms with E-state index in [-0.39, 0.29) is 5.91 Å².